The van der Waals surface area contributed by atoms with Crippen molar-refractivity contribution in [1.82, 2.24) is 14.7 Å². The van der Waals surface area contributed by atoms with Crippen LogP contribution in [0.25, 0.3) is 5.69 Å². The van der Waals surface area contributed by atoms with Crippen LogP contribution < -0.4 is 14.8 Å². The van der Waals surface area contributed by atoms with Gasteiger partial charge in [-0.2, -0.15) is 5.10 Å². The molecule has 0 atom stereocenters. The third-order valence-electron chi connectivity index (χ3n) is 5.76. The first-order chi connectivity index (χ1) is 16.9. The monoisotopic (exact) mass is 480 g/mol. The van der Waals surface area contributed by atoms with Gasteiger partial charge in [0.2, 0.25) is 5.91 Å². The van der Waals surface area contributed by atoms with Crippen LogP contribution in [0.1, 0.15) is 42.0 Å². The normalized spacial score (nSPS) is 12.2. The zero-order valence-electron chi connectivity index (χ0n) is 20.1. The number of nitrogens with one attached hydrogen (secondary N) is 1. The third-order valence-corrected chi connectivity index (χ3v) is 5.76. The van der Waals surface area contributed by atoms with E-state index in [0.717, 1.165) is 30.5 Å². The molecule has 1 aliphatic rings. The number of carbonyl (C=O) groups excluding carboxylic acids is 2. The molecule has 3 aromatic rings. The quantitative estimate of drug-likeness (QED) is 0.500. The topological polar surface area (TPSA) is 85.7 Å². The number of carbonyl (C=O) groups is 2. The predicted octanol–water partition coefficient (Wildman–Crippen LogP) is 4.01. The van der Waals surface area contributed by atoms with Crippen LogP contribution in [0.3, 0.4) is 0 Å². The van der Waals surface area contributed by atoms with Gasteiger partial charge in [0.05, 0.1) is 25.4 Å². The van der Waals surface area contributed by atoms with Crippen LogP contribution >= 0.6 is 0 Å². The van der Waals surface area contributed by atoms with Crippen molar-refractivity contribution in [3.8, 4) is 17.2 Å². The molecule has 1 aromatic heterocycles. The van der Waals surface area contributed by atoms with Crippen LogP contribution in [0.5, 0.6) is 11.5 Å². The summed E-state index contributed by atoms with van der Waals surface area (Å²) in [7, 11) is 1.57. The second kappa shape index (κ2) is 10.6. The summed E-state index contributed by atoms with van der Waals surface area (Å²) in [5, 5.41) is 7.35. The molecule has 35 heavy (non-hydrogen) atoms. The number of nitrogens with zero attached hydrogens (tertiary/aromatic N) is 3. The fourth-order valence-electron chi connectivity index (χ4n) is 4.20. The molecule has 1 N–H and O–H groups in total. The first-order valence-corrected chi connectivity index (χ1v) is 11.7. The van der Waals surface area contributed by atoms with Gasteiger partial charge in [0, 0.05) is 30.1 Å². The molecule has 1 aliphatic carbocycles. The van der Waals surface area contributed by atoms with Crippen LogP contribution in [0.4, 0.5) is 10.1 Å². The van der Waals surface area contributed by atoms with Gasteiger partial charge >= 0.3 is 0 Å². The van der Waals surface area contributed by atoms with E-state index < -0.39 is 0 Å². The van der Waals surface area contributed by atoms with Gasteiger partial charge in [0.15, 0.2) is 17.2 Å². The highest BCUT2D eigenvalue weighted by Crippen LogP contribution is 2.31. The number of hydrogen-bond donors (Lipinski definition) is 1. The number of anilines is 1. The minimum Gasteiger partial charge on any atom is -0.490 e. The summed E-state index contributed by atoms with van der Waals surface area (Å²) in [6, 6.07) is 11.2. The number of aromatic nitrogens is 2. The van der Waals surface area contributed by atoms with Crippen molar-refractivity contribution >= 4 is 17.5 Å². The molecule has 0 aliphatic heterocycles. The summed E-state index contributed by atoms with van der Waals surface area (Å²) in [6.45, 7) is 4.57. The van der Waals surface area contributed by atoms with E-state index in [1.165, 1.54) is 17.0 Å². The number of amides is 2. The molecular formula is C26H29FN4O4. The molecule has 0 bridgehead atoms. The largest absolute Gasteiger partial charge is 0.490 e. The number of likely N-dealkylation sites (N-methyl/N-ethyl adjacent to an activating group) is 1. The lowest BCUT2D eigenvalue weighted by atomic mass is 10.2. The van der Waals surface area contributed by atoms with Crippen molar-refractivity contribution in [2.45, 2.75) is 33.1 Å². The number of ether oxygens (including phenoxy) is 2. The second-order valence-corrected chi connectivity index (χ2v) is 8.25. The summed E-state index contributed by atoms with van der Waals surface area (Å²) < 4.78 is 26.2. The first kappa shape index (κ1) is 24.3. The molecule has 0 saturated carbocycles. The van der Waals surface area contributed by atoms with E-state index in [-0.39, 0.29) is 24.2 Å². The molecule has 0 spiro atoms. The average Bonchev–Trinajstić information content (AvgIpc) is 3.44. The molecular weight excluding hydrogens is 451 g/mol. The molecule has 8 nitrogen and oxygen atoms in total. The number of halogens is 1. The summed E-state index contributed by atoms with van der Waals surface area (Å²) >= 11 is 0. The minimum atomic E-state index is -0.345. The van der Waals surface area contributed by atoms with Crippen LogP contribution in [0.2, 0.25) is 0 Å². The van der Waals surface area contributed by atoms with E-state index >= 15 is 0 Å². The second-order valence-electron chi connectivity index (χ2n) is 8.25. The lowest BCUT2D eigenvalue weighted by molar-refractivity contribution is -0.116. The van der Waals surface area contributed by atoms with Crippen molar-refractivity contribution in [1.29, 1.82) is 0 Å². The Morgan fingerprint density at radius 2 is 1.77 bits per heavy atom. The maximum atomic E-state index is 13.4. The van der Waals surface area contributed by atoms with Crippen LogP contribution in [-0.2, 0) is 17.6 Å². The van der Waals surface area contributed by atoms with Gasteiger partial charge < -0.3 is 19.7 Å². The van der Waals surface area contributed by atoms with Gasteiger partial charge in [-0.1, -0.05) is 0 Å². The SMILES string of the molecule is CCOc1ccc(NC(=O)CN(C)C(=O)c2nn(-c3ccc(F)cc3)c3c2CCC3)cc1OCC. The zero-order valence-corrected chi connectivity index (χ0v) is 20.1. The van der Waals surface area contributed by atoms with Crippen molar-refractivity contribution in [2.75, 3.05) is 32.1 Å². The van der Waals surface area contributed by atoms with E-state index in [1.807, 2.05) is 13.8 Å². The Morgan fingerprint density at radius 3 is 2.49 bits per heavy atom. The molecule has 9 heteroatoms. The summed E-state index contributed by atoms with van der Waals surface area (Å²) in [4.78, 5) is 27.3. The van der Waals surface area contributed by atoms with Crippen LogP contribution in [0, 0.1) is 5.82 Å². The molecule has 4 rings (SSSR count). The highest BCUT2D eigenvalue weighted by atomic mass is 19.1. The van der Waals surface area contributed by atoms with E-state index in [9.17, 15) is 14.0 Å². The summed E-state index contributed by atoms with van der Waals surface area (Å²) in [6.07, 6.45) is 2.44. The molecule has 2 aromatic carbocycles. The lowest BCUT2D eigenvalue weighted by Gasteiger charge is -2.17. The Labute approximate surface area is 203 Å². The highest BCUT2D eigenvalue weighted by molar-refractivity contribution is 5.99. The van der Waals surface area contributed by atoms with Crippen molar-refractivity contribution < 1.29 is 23.5 Å². The van der Waals surface area contributed by atoms with Crippen molar-refractivity contribution in [3.63, 3.8) is 0 Å². The number of fused-ring (bicyclic) bond motifs is 1. The van der Waals surface area contributed by atoms with Gasteiger partial charge in [-0.3, -0.25) is 9.59 Å². The molecule has 0 fully saturated rings. The van der Waals surface area contributed by atoms with Gasteiger partial charge in [0.1, 0.15) is 5.82 Å². The Kier molecular flexibility index (Phi) is 7.33. The first-order valence-electron chi connectivity index (χ1n) is 11.7. The maximum Gasteiger partial charge on any atom is 0.274 e. The third kappa shape index (κ3) is 5.29. The van der Waals surface area contributed by atoms with Crippen molar-refractivity contribution in [3.05, 3.63) is 65.2 Å². The maximum absolute atomic E-state index is 13.4. The smallest absolute Gasteiger partial charge is 0.274 e. The number of benzene rings is 2. The molecule has 2 amide bonds. The fraction of sp³-hybridized carbons (Fsp3) is 0.346. The summed E-state index contributed by atoms with van der Waals surface area (Å²) in [5.74, 6) is 0.132. The van der Waals surface area contributed by atoms with Gasteiger partial charge in [-0.05, 0) is 69.5 Å². The minimum absolute atomic E-state index is 0.145. The van der Waals surface area contributed by atoms with Crippen molar-refractivity contribution in [2.24, 2.45) is 0 Å². The Bertz CT molecular complexity index is 1220. The van der Waals surface area contributed by atoms with E-state index in [0.29, 0.717) is 41.8 Å². The molecule has 1 heterocycles. The Balaban J connectivity index is 1.47. The number of rotatable bonds is 9. The van der Waals surface area contributed by atoms with Crippen LogP contribution in [0.15, 0.2) is 42.5 Å². The Morgan fingerprint density at radius 1 is 1.06 bits per heavy atom. The van der Waals surface area contributed by atoms with Gasteiger partial charge in [-0.15, -0.1) is 0 Å². The molecule has 0 saturated heterocycles. The zero-order chi connectivity index (χ0) is 24.9. The molecule has 0 unspecified atom stereocenters. The highest BCUT2D eigenvalue weighted by Gasteiger charge is 2.29. The Hall–Kier alpha value is -3.88. The van der Waals surface area contributed by atoms with Gasteiger partial charge in [-0.25, -0.2) is 9.07 Å². The van der Waals surface area contributed by atoms with E-state index in [2.05, 4.69) is 10.4 Å². The standard InChI is InChI=1S/C26H29FN4O4/c1-4-34-22-14-11-18(15-23(22)35-5-2)28-24(32)16-30(3)26(33)25-20-7-6-8-21(20)31(29-25)19-12-9-17(27)10-13-19/h9-15H,4-8,16H2,1-3H3,(H,28,32). The predicted molar refractivity (Wildman–Crippen MR) is 130 cm³/mol. The fourth-order valence-corrected chi connectivity index (χ4v) is 4.20. The number of hydrogen-bond acceptors (Lipinski definition) is 5. The van der Waals surface area contributed by atoms with Crippen LogP contribution in [-0.4, -0.2) is 53.3 Å². The molecule has 0 radical (unpaired) electrons. The molecule has 184 valence electrons. The summed E-state index contributed by atoms with van der Waals surface area (Å²) in [5.41, 5.74) is 3.42. The average molecular weight is 481 g/mol. The lowest BCUT2D eigenvalue weighted by Crippen LogP contribution is -2.35. The van der Waals surface area contributed by atoms with E-state index in [4.69, 9.17) is 9.47 Å². The van der Waals surface area contributed by atoms with E-state index in [1.54, 1.807) is 42.1 Å². The van der Waals surface area contributed by atoms with Gasteiger partial charge in [0.25, 0.3) is 5.91 Å².